The summed E-state index contributed by atoms with van der Waals surface area (Å²) in [5, 5.41) is 15.1. The molecule has 30 heavy (non-hydrogen) atoms. The standard InChI is InChI=1S/C21H32N6O2.HI/c1-15-7-8-19(28-4)17(12-15)9-10-22-21(23-13-18-6-5-11-29-18)24-14-20-26-25-16(2)27(20)3;/h7-8,12,18H,5-6,9-11,13-14H2,1-4H3,(H2,22,23,24);1H. The quantitative estimate of drug-likeness (QED) is 0.311. The second-order valence-electron chi connectivity index (χ2n) is 7.40. The largest absolute Gasteiger partial charge is 0.496 e. The minimum atomic E-state index is 0. The fourth-order valence-electron chi connectivity index (χ4n) is 3.35. The molecule has 1 aliphatic heterocycles. The second kappa shape index (κ2) is 12.1. The Labute approximate surface area is 195 Å². The van der Waals surface area contributed by atoms with Crippen LogP contribution >= 0.6 is 24.0 Å². The molecule has 2 aromatic rings. The summed E-state index contributed by atoms with van der Waals surface area (Å²) >= 11 is 0. The molecule has 1 aromatic carbocycles. The van der Waals surface area contributed by atoms with Gasteiger partial charge in [0.25, 0.3) is 0 Å². The Morgan fingerprint density at radius 1 is 1.30 bits per heavy atom. The van der Waals surface area contributed by atoms with Gasteiger partial charge in [-0.05, 0) is 44.7 Å². The van der Waals surface area contributed by atoms with Crippen LogP contribution in [0.25, 0.3) is 0 Å². The third-order valence-corrected chi connectivity index (χ3v) is 5.21. The summed E-state index contributed by atoms with van der Waals surface area (Å²) < 4.78 is 13.2. The van der Waals surface area contributed by atoms with Crippen molar-refractivity contribution in [2.45, 2.75) is 45.8 Å². The van der Waals surface area contributed by atoms with Gasteiger partial charge in [0, 0.05) is 26.7 Å². The average molecular weight is 528 g/mol. The molecule has 166 valence electrons. The molecular weight excluding hydrogens is 495 g/mol. The Balaban J connectivity index is 0.00000320. The number of halogens is 1. The third kappa shape index (κ3) is 6.83. The van der Waals surface area contributed by atoms with E-state index < -0.39 is 0 Å². The minimum Gasteiger partial charge on any atom is -0.496 e. The van der Waals surface area contributed by atoms with Gasteiger partial charge < -0.3 is 24.7 Å². The highest BCUT2D eigenvalue weighted by Gasteiger charge is 2.16. The highest BCUT2D eigenvalue weighted by molar-refractivity contribution is 14.0. The first kappa shape index (κ1) is 24.4. The van der Waals surface area contributed by atoms with Crippen molar-refractivity contribution in [3.63, 3.8) is 0 Å². The molecule has 1 atom stereocenters. The number of aliphatic imine (C=N–C) groups is 1. The van der Waals surface area contributed by atoms with Crippen molar-refractivity contribution in [2.75, 3.05) is 26.8 Å². The zero-order valence-corrected chi connectivity index (χ0v) is 20.6. The molecule has 1 unspecified atom stereocenters. The van der Waals surface area contributed by atoms with Crippen molar-refractivity contribution in [2.24, 2.45) is 12.0 Å². The van der Waals surface area contributed by atoms with Crippen LogP contribution in [0.3, 0.4) is 0 Å². The topological polar surface area (TPSA) is 85.6 Å². The molecule has 1 aliphatic rings. The molecule has 1 aromatic heterocycles. The first-order chi connectivity index (χ1) is 14.1. The summed E-state index contributed by atoms with van der Waals surface area (Å²) in [6.45, 7) is 6.83. The van der Waals surface area contributed by atoms with Gasteiger partial charge in [0.15, 0.2) is 11.8 Å². The lowest BCUT2D eigenvalue weighted by atomic mass is 10.1. The van der Waals surface area contributed by atoms with Gasteiger partial charge in [-0.15, -0.1) is 34.2 Å². The minimum absolute atomic E-state index is 0. The molecule has 3 rings (SSSR count). The van der Waals surface area contributed by atoms with E-state index in [0.717, 1.165) is 62.3 Å². The monoisotopic (exact) mass is 528 g/mol. The third-order valence-electron chi connectivity index (χ3n) is 5.21. The summed E-state index contributed by atoms with van der Waals surface area (Å²) in [5.74, 6) is 3.38. The number of hydrogen-bond donors (Lipinski definition) is 2. The van der Waals surface area contributed by atoms with E-state index in [9.17, 15) is 0 Å². The van der Waals surface area contributed by atoms with Crippen molar-refractivity contribution in [3.05, 3.63) is 41.0 Å². The van der Waals surface area contributed by atoms with Crippen molar-refractivity contribution in [1.29, 1.82) is 0 Å². The van der Waals surface area contributed by atoms with E-state index in [-0.39, 0.29) is 30.1 Å². The molecule has 0 bridgehead atoms. The number of aryl methyl sites for hydroxylation is 2. The first-order valence-corrected chi connectivity index (χ1v) is 10.2. The van der Waals surface area contributed by atoms with Crippen molar-refractivity contribution in [3.8, 4) is 5.75 Å². The average Bonchev–Trinajstić information content (AvgIpc) is 3.35. The maximum absolute atomic E-state index is 5.72. The summed E-state index contributed by atoms with van der Waals surface area (Å²) in [6, 6.07) is 6.25. The molecule has 2 heterocycles. The molecule has 1 fully saturated rings. The summed E-state index contributed by atoms with van der Waals surface area (Å²) in [6.07, 6.45) is 3.30. The van der Waals surface area contributed by atoms with E-state index in [1.807, 2.05) is 24.6 Å². The predicted molar refractivity (Wildman–Crippen MR) is 129 cm³/mol. The predicted octanol–water partition coefficient (Wildman–Crippen LogP) is 2.52. The van der Waals surface area contributed by atoms with Crippen LogP contribution in [0.5, 0.6) is 5.75 Å². The number of hydrogen-bond acceptors (Lipinski definition) is 5. The van der Waals surface area contributed by atoms with Crippen LogP contribution in [0.2, 0.25) is 0 Å². The lowest BCUT2D eigenvalue weighted by Crippen LogP contribution is -2.42. The van der Waals surface area contributed by atoms with Gasteiger partial charge in [0.05, 0.1) is 13.2 Å². The van der Waals surface area contributed by atoms with E-state index in [2.05, 4.69) is 39.9 Å². The van der Waals surface area contributed by atoms with E-state index in [1.165, 1.54) is 11.1 Å². The smallest absolute Gasteiger partial charge is 0.191 e. The van der Waals surface area contributed by atoms with Gasteiger partial charge in [-0.1, -0.05) is 17.7 Å². The van der Waals surface area contributed by atoms with Crippen LogP contribution in [0, 0.1) is 13.8 Å². The van der Waals surface area contributed by atoms with Crippen molar-refractivity contribution < 1.29 is 9.47 Å². The van der Waals surface area contributed by atoms with Crippen LogP contribution in [-0.4, -0.2) is 53.6 Å². The molecule has 0 aliphatic carbocycles. The van der Waals surface area contributed by atoms with Crippen LogP contribution in [0.15, 0.2) is 23.2 Å². The van der Waals surface area contributed by atoms with Crippen LogP contribution in [0.1, 0.15) is 35.6 Å². The van der Waals surface area contributed by atoms with Crippen LogP contribution in [-0.2, 0) is 24.8 Å². The fraction of sp³-hybridized carbons (Fsp3) is 0.571. The van der Waals surface area contributed by atoms with Gasteiger partial charge in [-0.25, -0.2) is 4.99 Å². The Kier molecular flexibility index (Phi) is 9.83. The highest BCUT2D eigenvalue weighted by atomic mass is 127. The second-order valence-corrected chi connectivity index (χ2v) is 7.40. The van der Waals surface area contributed by atoms with Gasteiger partial charge >= 0.3 is 0 Å². The molecule has 0 spiro atoms. The molecular formula is C21H33IN6O2. The first-order valence-electron chi connectivity index (χ1n) is 10.2. The number of nitrogens with zero attached hydrogens (tertiary/aromatic N) is 4. The number of methoxy groups -OCH3 is 1. The van der Waals surface area contributed by atoms with E-state index in [0.29, 0.717) is 6.54 Å². The fourth-order valence-corrected chi connectivity index (χ4v) is 3.35. The molecule has 1 saturated heterocycles. The Morgan fingerprint density at radius 2 is 2.13 bits per heavy atom. The maximum Gasteiger partial charge on any atom is 0.191 e. The Hall–Kier alpha value is -1.88. The van der Waals surface area contributed by atoms with E-state index in [1.54, 1.807) is 7.11 Å². The van der Waals surface area contributed by atoms with Crippen molar-refractivity contribution in [1.82, 2.24) is 25.4 Å². The molecule has 9 heteroatoms. The number of nitrogens with one attached hydrogen (secondary N) is 2. The Bertz CT molecular complexity index is 833. The number of guanidine groups is 1. The van der Waals surface area contributed by atoms with Gasteiger partial charge in [0.1, 0.15) is 18.1 Å². The summed E-state index contributed by atoms with van der Waals surface area (Å²) in [7, 11) is 3.66. The zero-order chi connectivity index (χ0) is 20.6. The van der Waals surface area contributed by atoms with Gasteiger partial charge in [0.2, 0.25) is 0 Å². The van der Waals surface area contributed by atoms with Crippen molar-refractivity contribution >= 4 is 29.9 Å². The SMILES string of the molecule is COc1ccc(C)cc1CCNC(=NCc1nnc(C)n1C)NCC1CCCO1.I. The maximum atomic E-state index is 5.72. The van der Waals surface area contributed by atoms with Crippen LogP contribution in [0.4, 0.5) is 0 Å². The van der Waals surface area contributed by atoms with Gasteiger partial charge in [-0.2, -0.15) is 0 Å². The zero-order valence-electron chi connectivity index (χ0n) is 18.3. The number of rotatable bonds is 8. The highest BCUT2D eigenvalue weighted by Crippen LogP contribution is 2.19. The normalized spacial score (nSPS) is 16.3. The number of aromatic nitrogens is 3. The molecule has 8 nitrogen and oxygen atoms in total. The van der Waals surface area contributed by atoms with Crippen LogP contribution < -0.4 is 15.4 Å². The summed E-state index contributed by atoms with van der Waals surface area (Å²) in [5.41, 5.74) is 2.41. The molecule has 0 saturated carbocycles. The van der Waals surface area contributed by atoms with E-state index >= 15 is 0 Å². The van der Waals surface area contributed by atoms with Gasteiger partial charge in [-0.3, -0.25) is 0 Å². The molecule has 0 radical (unpaired) electrons. The molecule has 0 amide bonds. The Morgan fingerprint density at radius 3 is 2.80 bits per heavy atom. The number of benzene rings is 1. The lowest BCUT2D eigenvalue weighted by molar-refractivity contribution is 0.114. The van der Waals surface area contributed by atoms with E-state index in [4.69, 9.17) is 14.5 Å². The lowest BCUT2D eigenvalue weighted by Gasteiger charge is -2.16. The molecule has 2 N–H and O–H groups in total. The number of ether oxygens (including phenoxy) is 2. The summed E-state index contributed by atoms with van der Waals surface area (Å²) in [4.78, 5) is 4.70.